The van der Waals surface area contributed by atoms with Crippen LogP contribution < -0.4 is 15.4 Å². The Hall–Kier alpha value is -2.84. The maximum atomic E-state index is 13.8. The van der Waals surface area contributed by atoms with Gasteiger partial charge in [-0.2, -0.15) is 0 Å². The summed E-state index contributed by atoms with van der Waals surface area (Å²) in [5.74, 6) is 0.524. The molecule has 2 aromatic carbocycles. The highest BCUT2D eigenvalue weighted by Gasteiger charge is 2.43. The van der Waals surface area contributed by atoms with Gasteiger partial charge < -0.3 is 20.1 Å². The minimum Gasteiger partial charge on any atom is -0.497 e. The molecule has 0 spiro atoms. The second kappa shape index (κ2) is 13.5. The Morgan fingerprint density at radius 1 is 1.08 bits per heavy atom. The van der Waals surface area contributed by atoms with Gasteiger partial charge in [0.2, 0.25) is 11.8 Å². The molecule has 1 atom stereocenters. The van der Waals surface area contributed by atoms with E-state index in [9.17, 15) is 14.4 Å². The molecular weight excluding hydrogens is 476 g/mol. The quantitative estimate of drug-likeness (QED) is 0.457. The Bertz CT molecular complexity index is 1020. The van der Waals surface area contributed by atoms with E-state index in [0.29, 0.717) is 43.1 Å². The van der Waals surface area contributed by atoms with Crippen molar-refractivity contribution in [2.75, 3.05) is 24.8 Å². The zero-order chi connectivity index (χ0) is 26.0. The van der Waals surface area contributed by atoms with Gasteiger partial charge in [0.1, 0.15) is 11.8 Å². The molecule has 1 aliphatic rings. The molecule has 0 heterocycles. The van der Waals surface area contributed by atoms with Crippen LogP contribution in [-0.4, -0.2) is 48.5 Å². The van der Waals surface area contributed by atoms with E-state index in [1.165, 1.54) is 18.7 Å². The van der Waals surface area contributed by atoms with Crippen molar-refractivity contribution in [1.82, 2.24) is 5.32 Å². The van der Waals surface area contributed by atoms with Gasteiger partial charge in [-0.1, -0.05) is 48.2 Å². The van der Waals surface area contributed by atoms with Gasteiger partial charge in [-0.3, -0.25) is 14.4 Å². The molecule has 8 heteroatoms. The van der Waals surface area contributed by atoms with Crippen LogP contribution in [0.1, 0.15) is 45.1 Å². The summed E-state index contributed by atoms with van der Waals surface area (Å²) < 4.78 is 11.0. The first-order chi connectivity index (χ1) is 17.3. The SMILES string of the molecule is CCOC1CCC(CSC(C)=O)(C(=O)N[C@@H](Cc2ccccc2)C(=O)Nc2cccc(OC)c2)CC1. The molecular formula is C28H36N2O5S. The minimum atomic E-state index is -0.782. The number of hydrogen-bond donors (Lipinski definition) is 2. The van der Waals surface area contributed by atoms with Gasteiger partial charge in [0.05, 0.1) is 18.6 Å². The third-order valence-electron chi connectivity index (χ3n) is 6.57. The van der Waals surface area contributed by atoms with Crippen molar-refractivity contribution in [3.05, 3.63) is 60.2 Å². The van der Waals surface area contributed by atoms with E-state index in [2.05, 4.69) is 10.6 Å². The molecule has 2 aromatic rings. The smallest absolute Gasteiger partial charge is 0.247 e. The van der Waals surface area contributed by atoms with Gasteiger partial charge in [0.25, 0.3) is 0 Å². The Balaban J connectivity index is 1.81. The molecule has 3 rings (SSSR count). The number of carbonyl (C=O) groups is 3. The third kappa shape index (κ3) is 7.83. The number of carbonyl (C=O) groups excluding carboxylic acids is 3. The van der Waals surface area contributed by atoms with Crippen molar-refractivity contribution in [3.63, 3.8) is 0 Å². The summed E-state index contributed by atoms with van der Waals surface area (Å²) in [6, 6.07) is 15.9. The van der Waals surface area contributed by atoms with E-state index in [0.717, 1.165) is 18.4 Å². The molecule has 2 N–H and O–H groups in total. The van der Waals surface area contributed by atoms with E-state index >= 15 is 0 Å². The Morgan fingerprint density at radius 3 is 2.44 bits per heavy atom. The number of benzene rings is 2. The maximum Gasteiger partial charge on any atom is 0.247 e. The molecule has 7 nitrogen and oxygen atoms in total. The standard InChI is InChI=1S/C28H36N2O5S/c1-4-35-23-13-15-28(16-14-23,19-36-20(2)31)27(33)30-25(17-21-9-6-5-7-10-21)26(32)29-22-11-8-12-24(18-22)34-3/h5-12,18,23,25H,4,13-17,19H2,1-3H3,(H,29,32)(H,30,33)/t23?,25-,28?/m0/s1. The van der Waals surface area contributed by atoms with Crippen LogP contribution in [0.25, 0.3) is 0 Å². The summed E-state index contributed by atoms with van der Waals surface area (Å²) in [7, 11) is 1.57. The number of ether oxygens (including phenoxy) is 2. The summed E-state index contributed by atoms with van der Waals surface area (Å²) in [4.78, 5) is 39.0. The maximum absolute atomic E-state index is 13.8. The molecule has 36 heavy (non-hydrogen) atoms. The number of thioether (sulfide) groups is 1. The second-order valence-corrected chi connectivity index (χ2v) is 10.3. The summed E-state index contributed by atoms with van der Waals surface area (Å²) in [5.41, 5.74) is 0.802. The van der Waals surface area contributed by atoms with Crippen LogP contribution in [0.2, 0.25) is 0 Å². The lowest BCUT2D eigenvalue weighted by molar-refractivity contribution is -0.136. The molecule has 1 fully saturated rings. The lowest BCUT2D eigenvalue weighted by atomic mass is 9.73. The lowest BCUT2D eigenvalue weighted by Gasteiger charge is -2.39. The largest absolute Gasteiger partial charge is 0.497 e. The van der Waals surface area contributed by atoms with Gasteiger partial charge in [-0.15, -0.1) is 0 Å². The first kappa shape index (κ1) is 27.7. The zero-order valence-electron chi connectivity index (χ0n) is 21.3. The van der Waals surface area contributed by atoms with Crippen LogP contribution in [0.4, 0.5) is 5.69 Å². The van der Waals surface area contributed by atoms with Gasteiger partial charge in [0, 0.05) is 37.5 Å². The molecule has 0 aromatic heterocycles. The number of rotatable bonds is 11. The summed E-state index contributed by atoms with van der Waals surface area (Å²) >= 11 is 1.17. The van der Waals surface area contributed by atoms with Crippen molar-refractivity contribution in [2.24, 2.45) is 5.41 Å². The average Bonchev–Trinajstić information content (AvgIpc) is 2.88. The molecule has 0 aliphatic heterocycles. The van der Waals surface area contributed by atoms with Crippen molar-refractivity contribution in [3.8, 4) is 5.75 Å². The topological polar surface area (TPSA) is 93.7 Å². The normalized spacial score (nSPS) is 20.2. The predicted molar refractivity (Wildman–Crippen MR) is 143 cm³/mol. The van der Waals surface area contributed by atoms with E-state index in [-0.39, 0.29) is 23.0 Å². The van der Waals surface area contributed by atoms with E-state index < -0.39 is 11.5 Å². The lowest BCUT2D eigenvalue weighted by Crippen LogP contribution is -2.53. The molecule has 0 saturated heterocycles. The van der Waals surface area contributed by atoms with Crippen LogP contribution >= 0.6 is 11.8 Å². The number of nitrogens with one attached hydrogen (secondary N) is 2. The Labute approximate surface area is 217 Å². The number of anilines is 1. The Kier molecular flexibility index (Phi) is 10.4. The summed E-state index contributed by atoms with van der Waals surface area (Å²) in [6.07, 6.45) is 3.19. The number of hydrogen-bond acceptors (Lipinski definition) is 6. The molecule has 0 unspecified atom stereocenters. The van der Waals surface area contributed by atoms with Crippen molar-refractivity contribution < 1.29 is 23.9 Å². The van der Waals surface area contributed by atoms with Crippen molar-refractivity contribution in [2.45, 2.75) is 58.1 Å². The second-order valence-electron chi connectivity index (χ2n) is 9.15. The highest BCUT2D eigenvalue weighted by Crippen LogP contribution is 2.40. The van der Waals surface area contributed by atoms with E-state index in [1.807, 2.05) is 37.3 Å². The highest BCUT2D eigenvalue weighted by atomic mass is 32.2. The third-order valence-corrected chi connectivity index (χ3v) is 7.67. The van der Waals surface area contributed by atoms with Crippen LogP contribution in [0, 0.1) is 5.41 Å². The van der Waals surface area contributed by atoms with E-state index in [1.54, 1.807) is 31.4 Å². The van der Waals surface area contributed by atoms with Crippen LogP contribution in [0.3, 0.4) is 0 Å². The highest BCUT2D eigenvalue weighted by molar-refractivity contribution is 8.13. The summed E-state index contributed by atoms with van der Waals surface area (Å²) in [6.45, 7) is 4.12. The first-order valence-electron chi connectivity index (χ1n) is 12.4. The monoisotopic (exact) mass is 512 g/mol. The molecule has 1 aliphatic carbocycles. The number of amides is 2. The fourth-order valence-electron chi connectivity index (χ4n) is 4.52. The van der Waals surface area contributed by atoms with Crippen LogP contribution in [-0.2, 0) is 25.5 Å². The number of methoxy groups -OCH3 is 1. The van der Waals surface area contributed by atoms with Gasteiger partial charge in [0.15, 0.2) is 5.12 Å². The Morgan fingerprint density at radius 2 is 1.81 bits per heavy atom. The van der Waals surface area contributed by atoms with Crippen molar-refractivity contribution in [1.29, 1.82) is 0 Å². The van der Waals surface area contributed by atoms with Crippen LogP contribution in [0.5, 0.6) is 5.75 Å². The average molecular weight is 513 g/mol. The molecule has 194 valence electrons. The van der Waals surface area contributed by atoms with Gasteiger partial charge >= 0.3 is 0 Å². The first-order valence-corrected chi connectivity index (χ1v) is 13.4. The molecule has 1 saturated carbocycles. The molecule has 0 radical (unpaired) electrons. The minimum absolute atomic E-state index is 0.0225. The fraction of sp³-hybridized carbons (Fsp3) is 0.464. The van der Waals surface area contributed by atoms with Gasteiger partial charge in [-0.25, -0.2) is 0 Å². The van der Waals surface area contributed by atoms with E-state index in [4.69, 9.17) is 9.47 Å². The molecule has 2 amide bonds. The molecule has 0 bridgehead atoms. The zero-order valence-corrected chi connectivity index (χ0v) is 22.1. The predicted octanol–water partition coefficient (Wildman–Crippen LogP) is 4.61. The van der Waals surface area contributed by atoms with Crippen LogP contribution in [0.15, 0.2) is 54.6 Å². The fourth-order valence-corrected chi connectivity index (χ4v) is 5.42. The summed E-state index contributed by atoms with van der Waals surface area (Å²) in [5, 5.41) is 5.94. The van der Waals surface area contributed by atoms with Gasteiger partial charge in [-0.05, 0) is 50.3 Å². The van der Waals surface area contributed by atoms with Crippen molar-refractivity contribution >= 4 is 34.4 Å².